The van der Waals surface area contributed by atoms with Gasteiger partial charge >= 0.3 is 0 Å². The largest absolute Gasteiger partial charge is 0.369 e. The molecule has 2 aromatic rings. The summed E-state index contributed by atoms with van der Waals surface area (Å²) in [6.07, 6.45) is 0. The van der Waals surface area contributed by atoms with Crippen molar-refractivity contribution >= 4 is 22.6 Å². The Labute approximate surface area is 128 Å². The molecular formula is C17H17IO. The maximum atomic E-state index is 6.20. The van der Waals surface area contributed by atoms with Crippen LogP contribution in [0.5, 0.6) is 0 Å². The Morgan fingerprint density at radius 3 is 2.21 bits per heavy atom. The van der Waals surface area contributed by atoms with E-state index in [2.05, 4.69) is 90.2 Å². The van der Waals surface area contributed by atoms with Crippen molar-refractivity contribution in [1.29, 1.82) is 0 Å². The van der Waals surface area contributed by atoms with Crippen molar-refractivity contribution in [3.63, 3.8) is 0 Å². The molecule has 3 rings (SSSR count). The van der Waals surface area contributed by atoms with Crippen molar-refractivity contribution in [3.05, 3.63) is 71.8 Å². The van der Waals surface area contributed by atoms with Crippen LogP contribution in [0.3, 0.4) is 0 Å². The standard InChI is InChI=1S/C17H17IO/c1-17(14-10-6-3-7-11-14)16(18)15(12-19-17)13-8-4-2-5-9-13/h2-11,15-16H,12H2,1H3/t15-,16-,17+/m1/s1. The van der Waals surface area contributed by atoms with E-state index in [-0.39, 0.29) is 5.60 Å². The molecule has 1 fully saturated rings. The molecule has 1 aliphatic rings. The highest BCUT2D eigenvalue weighted by molar-refractivity contribution is 14.1. The van der Waals surface area contributed by atoms with E-state index in [9.17, 15) is 0 Å². The molecule has 0 aliphatic carbocycles. The minimum Gasteiger partial charge on any atom is -0.369 e. The topological polar surface area (TPSA) is 9.23 Å². The second-order valence-corrected chi connectivity index (χ2v) is 6.55. The number of ether oxygens (including phenoxy) is 1. The Morgan fingerprint density at radius 1 is 1.00 bits per heavy atom. The van der Waals surface area contributed by atoms with Crippen LogP contribution in [0, 0.1) is 0 Å². The summed E-state index contributed by atoms with van der Waals surface area (Å²) in [5.74, 6) is 0.465. The summed E-state index contributed by atoms with van der Waals surface area (Å²) in [7, 11) is 0. The smallest absolute Gasteiger partial charge is 0.103 e. The summed E-state index contributed by atoms with van der Waals surface area (Å²) in [5, 5.41) is 0. The molecule has 0 unspecified atom stereocenters. The maximum absolute atomic E-state index is 6.20. The Bertz CT molecular complexity index is 540. The number of halogens is 1. The highest BCUT2D eigenvalue weighted by Gasteiger charge is 2.46. The van der Waals surface area contributed by atoms with Crippen molar-refractivity contribution in [2.24, 2.45) is 0 Å². The van der Waals surface area contributed by atoms with E-state index in [0.717, 1.165) is 6.61 Å². The average Bonchev–Trinajstić information content (AvgIpc) is 2.78. The third kappa shape index (κ3) is 2.32. The normalized spacial score (nSPS) is 30.4. The molecule has 2 heteroatoms. The van der Waals surface area contributed by atoms with Gasteiger partial charge in [0.2, 0.25) is 0 Å². The zero-order valence-corrected chi connectivity index (χ0v) is 13.1. The summed E-state index contributed by atoms with van der Waals surface area (Å²) in [6.45, 7) is 3.01. The van der Waals surface area contributed by atoms with Crippen molar-refractivity contribution in [2.75, 3.05) is 6.61 Å². The number of hydrogen-bond donors (Lipinski definition) is 0. The van der Waals surface area contributed by atoms with Gasteiger partial charge in [0.05, 0.1) is 10.5 Å². The Hall–Kier alpha value is -0.870. The molecule has 1 saturated heterocycles. The van der Waals surface area contributed by atoms with Gasteiger partial charge in [-0.3, -0.25) is 0 Å². The molecule has 0 aromatic heterocycles. The molecule has 1 heterocycles. The van der Waals surface area contributed by atoms with E-state index in [4.69, 9.17) is 4.74 Å². The number of rotatable bonds is 2. The molecular weight excluding hydrogens is 347 g/mol. The van der Waals surface area contributed by atoms with Crippen LogP contribution < -0.4 is 0 Å². The summed E-state index contributed by atoms with van der Waals surface area (Å²) >= 11 is 2.55. The zero-order valence-electron chi connectivity index (χ0n) is 10.9. The molecule has 0 saturated carbocycles. The van der Waals surface area contributed by atoms with Gasteiger partial charge in [0.15, 0.2) is 0 Å². The molecule has 2 aromatic carbocycles. The van der Waals surface area contributed by atoms with Crippen molar-refractivity contribution in [2.45, 2.75) is 22.4 Å². The minimum absolute atomic E-state index is 0.192. The third-order valence-corrected chi connectivity index (χ3v) is 6.07. The number of alkyl halides is 1. The molecule has 0 amide bonds. The molecule has 0 N–H and O–H groups in total. The van der Waals surface area contributed by atoms with Gasteiger partial charge in [0.1, 0.15) is 5.60 Å². The van der Waals surface area contributed by atoms with Crippen LogP contribution in [-0.4, -0.2) is 10.5 Å². The first-order valence-corrected chi connectivity index (χ1v) is 7.85. The van der Waals surface area contributed by atoms with E-state index in [1.54, 1.807) is 0 Å². The van der Waals surface area contributed by atoms with Gasteiger partial charge in [-0.25, -0.2) is 0 Å². The molecule has 0 bridgehead atoms. The Balaban J connectivity index is 1.92. The lowest BCUT2D eigenvalue weighted by molar-refractivity contribution is 0.0212. The predicted molar refractivity (Wildman–Crippen MR) is 86.7 cm³/mol. The van der Waals surface area contributed by atoms with Crippen molar-refractivity contribution < 1.29 is 4.74 Å². The SMILES string of the molecule is C[C@@]1(c2ccccc2)OC[C@H](c2ccccc2)[C@H]1I. The van der Waals surface area contributed by atoms with Gasteiger partial charge in [0, 0.05) is 5.92 Å². The van der Waals surface area contributed by atoms with Gasteiger partial charge in [-0.05, 0) is 18.1 Å². The van der Waals surface area contributed by atoms with Gasteiger partial charge in [-0.2, -0.15) is 0 Å². The fraction of sp³-hybridized carbons (Fsp3) is 0.294. The number of hydrogen-bond acceptors (Lipinski definition) is 1. The first-order valence-electron chi connectivity index (χ1n) is 6.60. The summed E-state index contributed by atoms with van der Waals surface area (Å²) < 4.78 is 6.64. The average molecular weight is 364 g/mol. The minimum atomic E-state index is -0.192. The van der Waals surface area contributed by atoms with E-state index in [1.165, 1.54) is 11.1 Å². The number of benzene rings is 2. The summed E-state index contributed by atoms with van der Waals surface area (Å²) in [4.78, 5) is 0. The van der Waals surface area contributed by atoms with E-state index in [0.29, 0.717) is 9.84 Å². The fourth-order valence-corrected chi connectivity index (χ4v) is 3.95. The molecule has 0 spiro atoms. The van der Waals surface area contributed by atoms with E-state index < -0.39 is 0 Å². The summed E-state index contributed by atoms with van der Waals surface area (Å²) in [5.41, 5.74) is 2.46. The monoisotopic (exact) mass is 364 g/mol. The lowest BCUT2D eigenvalue weighted by atomic mass is 9.86. The van der Waals surface area contributed by atoms with Gasteiger partial charge < -0.3 is 4.74 Å². The predicted octanol–water partition coefficient (Wildman–Crippen LogP) is 4.52. The van der Waals surface area contributed by atoms with Gasteiger partial charge in [-0.1, -0.05) is 83.3 Å². The van der Waals surface area contributed by atoms with Crippen LogP contribution in [-0.2, 0) is 10.3 Å². The lowest BCUT2D eigenvalue weighted by Gasteiger charge is -2.29. The second-order valence-electron chi connectivity index (χ2n) is 5.20. The zero-order chi connectivity index (χ0) is 13.3. The van der Waals surface area contributed by atoms with Crippen LogP contribution in [0.4, 0.5) is 0 Å². The molecule has 0 radical (unpaired) electrons. The maximum Gasteiger partial charge on any atom is 0.103 e. The van der Waals surface area contributed by atoms with Crippen LogP contribution in [0.15, 0.2) is 60.7 Å². The highest BCUT2D eigenvalue weighted by Crippen LogP contribution is 2.47. The molecule has 98 valence electrons. The molecule has 1 nitrogen and oxygen atoms in total. The molecule has 1 aliphatic heterocycles. The highest BCUT2D eigenvalue weighted by atomic mass is 127. The van der Waals surface area contributed by atoms with Gasteiger partial charge in [0.25, 0.3) is 0 Å². The van der Waals surface area contributed by atoms with Crippen LogP contribution >= 0.6 is 22.6 Å². The first-order chi connectivity index (χ1) is 9.22. The van der Waals surface area contributed by atoms with Gasteiger partial charge in [-0.15, -0.1) is 0 Å². The van der Waals surface area contributed by atoms with E-state index >= 15 is 0 Å². The molecule has 19 heavy (non-hydrogen) atoms. The van der Waals surface area contributed by atoms with Crippen molar-refractivity contribution in [1.82, 2.24) is 0 Å². The van der Waals surface area contributed by atoms with Crippen LogP contribution in [0.1, 0.15) is 24.0 Å². The van der Waals surface area contributed by atoms with Crippen LogP contribution in [0.2, 0.25) is 0 Å². The van der Waals surface area contributed by atoms with Crippen molar-refractivity contribution in [3.8, 4) is 0 Å². The fourth-order valence-electron chi connectivity index (χ4n) is 2.79. The second kappa shape index (κ2) is 5.25. The molecule has 3 atom stereocenters. The summed E-state index contributed by atoms with van der Waals surface area (Å²) in [6, 6.07) is 21.3. The van der Waals surface area contributed by atoms with E-state index in [1.807, 2.05) is 0 Å². The quantitative estimate of drug-likeness (QED) is 0.563. The lowest BCUT2D eigenvalue weighted by Crippen LogP contribution is -2.30. The third-order valence-electron chi connectivity index (χ3n) is 4.02. The Morgan fingerprint density at radius 2 is 1.58 bits per heavy atom. The van der Waals surface area contributed by atoms with Crippen LogP contribution in [0.25, 0.3) is 0 Å². The Kier molecular flexibility index (Phi) is 3.63. The first kappa shape index (κ1) is 13.1.